The number of aliphatic hydroxyl groups excluding tert-OH is 1. The van der Waals surface area contributed by atoms with Crippen LogP contribution in [-0.2, 0) is 0 Å². The molecule has 17 heavy (non-hydrogen) atoms. The number of rotatable bonds is 5. The molecule has 0 saturated heterocycles. The molecule has 0 aromatic heterocycles. The monoisotopic (exact) mass is 235 g/mol. The Morgan fingerprint density at radius 3 is 2.53 bits per heavy atom. The van der Waals surface area contributed by atoms with Crippen LogP contribution >= 0.6 is 0 Å². The summed E-state index contributed by atoms with van der Waals surface area (Å²) in [4.78, 5) is 0. The van der Waals surface area contributed by atoms with Gasteiger partial charge in [0.1, 0.15) is 0 Å². The van der Waals surface area contributed by atoms with Crippen LogP contribution in [-0.4, -0.2) is 35.0 Å². The van der Waals surface area contributed by atoms with Crippen molar-refractivity contribution in [1.82, 2.24) is 5.32 Å². The van der Waals surface area contributed by atoms with E-state index in [-0.39, 0.29) is 6.61 Å². The summed E-state index contributed by atoms with van der Waals surface area (Å²) < 4.78 is 0. The number of nitrogens with one attached hydrogen (secondary N) is 1. The van der Waals surface area contributed by atoms with Crippen LogP contribution in [0.25, 0.3) is 0 Å². The number of hydrogen-bond donors (Lipinski definition) is 3. The Bertz CT molecular complexity index is 344. The van der Waals surface area contributed by atoms with Crippen LogP contribution in [0.2, 0.25) is 0 Å². The normalized spacial score (nSPS) is 27.2. The largest absolute Gasteiger partial charge is 0.393 e. The van der Waals surface area contributed by atoms with Crippen molar-refractivity contribution in [3.63, 3.8) is 0 Å². The predicted molar refractivity (Wildman–Crippen MR) is 67.9 cm³/mol. The van der Waals surface area contributed by atoms with Gasteiger partial charge in [-0.2, -0.15) is 0 Å². The molecule has 0 spiro atoms. The Balaban J connectivity index is 1.73. The highest BCUT2D eigenvalue weighted by Crippen LogP contribution is 2.36. The van der Waals surface area contributed by atoms with Crippen molar-refractivity contribution < 1.29 is 10.2 Å². The molecule has 1 aliphatic carbocycles. The molecule has 0 heterocycles. The fraction of sp³-hybridized carbons (Fsp3) is 0.571. The van der Waals surface area contributed by atoms with Crippen molar-refractivity contribution in [2.75, 3.05) is 13.2 Å². The van der Waals surface area contributed by atoms with Crippen molar-refractivity contribution in [3.05, 3.63) is 35.9 Å². The molecule has 1 fully saturated rings. The second-order valence-corrected chi connectivity index (χ2v) is 5.31. The molecule has 1 aromatic rings. The minimum absolute atomic E-state index is 0.200. The van der Waals surface area contributed by atoms with E-state index in [1.54, 1.807) is 6.92 Å². The molecule has 0 bridgehead atoms. The average molecular weight is 235 g/mol. The Hall–Kier alpha value is -0.900. The third-order valence-electron chi connectivity index (χ3n) is 3.52. The van der Waals surface area contributed by atoms with Gasteiger partial charge in [0, 0.05) is 12.6 Å². The molecule has 3 nitrogen and oxygen atoms in total. The maximum absolute atomic E-state index is 9.66. The fourth-order valence-electron chi connectivity index (χ4n) is 2.20. The molecule has 3 N–H and O–H groups in total. The van der Waals surface area contributed by atoms with Gasteiger partial charge in [-0.1, -0.05) is 30.3 Å². The minimum atomic E-state index is -1.00. The molecular weight excluding hydrogens is 214 g/mol. The van der Waals surface area contributed by atoms with E-state index in [9.17, 15) is 5.11 Å². The van der Waals surface area contributed by atoms with E-state index in [1.165, 1.54) is 5.56 Å². The van der Waals surface area contributed by atoms with Crippen molar-refractivity contribution in [3.8, 4) is 0 Å². The zero-order valence-electron chi connectivity index (χ0n) is 10.3. The van der Waals surface area contributed by atoms with Gasteiger partial charge in [0.15, 0.2) is 0 Å². The fourth-order valence-corrected chi connectivity index (χ4v) is 2.20. The number of benzene rings is 1. The standard InChI is InChI=1S/C14H21NO2/c1-14(17,10-16)9-15-13-7-12(8-13)11-5-3-2-4-6-11/h2-6,12-13,15-17H,7-10H2,1H3. The van der Waals surface area contributed by atoms with E-state index in [0.717, 1.165) is 12.8 Å². The predicted octanol–water partition coefficient (Wildman–Crippen LogP) is 1.27. The summed E-state index contributed by atoms with van der Waals surface area (Å²) in [6.07, 6.45) is 2.23. The lowest BCUT2D eigenvalue weighted by Gasteiger charge is -2.38. The van der Waals surface area contributed by atoms with Gasteiger partial charge in [0.05, 0.1) is 12.2 Å². The van der Waals surface area contributed by atoms with Crippen LogP contribution in [0.4, 0.5) is 0 Å². The maximum Gasteiger partial charge on any atom is 0.0972 e. The van der Waals surface area contributed by atoms with Crippen molar-refractivity contribution in [2.24, 2.45) is 0 Å². The highest BCUT2D eigenvalue weighted by atomic mass is 16.3. The number of hydrogen-bond acceptors (Lipinski definition) is 3. The zero-order valence-corrected chi connectivity index (χ0v) is 10.3. The first-order chi connectivity index (χ1) is 8.11. The van der Waals surface area contributed by atoms with Gasteiger partial charge in [0.2, 0.25) is 0 Å². The van der Waals surface area contributed by atoms with Crippen LogP contribution in [0.15, 0.2) is 30.3 Å². The molecule has 1 saturated carbocycles. The molecular formula is C14H21NO2. The molecule has 1 unspecified atom stereocenters. The second kappa shape index (κ2) is 5.17. The van der Waals surface area contributed by atoms with E-state index in [4.69, 9.17) is 5.11 Å². The van der Waals surface area contributed by atoms with Gasteiger partial charge >= 0.3 is 0 Å². The van der Waals surface area contributed by atoms with Crippen molar-refractivity contribution in [2.45, 2.75) is 37.3 Å². The first-order valence-electron chi connectivity index (χ1n) is 6.22. The minimum Gasteiger partial charge on any atom is -0.393 e. The second-order valence-electron chi connectivity index (χ2n) is 5.31. The van der Waals surface area contributed by atoms with Crippen LogP contribution in [0.1, 0.15) is 31.2 Å². The van der Waals surface area contributed by atoms with E-state index < -0.39 is 5.60 Å². The highest BCUT2D eigenvalue weighted by molar-refractivity contribution is 5.22. The Morgan fingerprint density at radius 1 is 1.29 bits per heavy atom. The Kier molecular flexibility index (Phi) is 3.82. The summed E-state index contributed by atoms with van der Waals surface area (Å²) in [5.41, 5.74) is 0.400. The smallest absolute Gasteiger partial charge is 0.0972 e. The lowest BCUT2D eigenvalue weighted by molar-refractivity contribution is -0.00185. The molecule has 3 heteroatoms. The molecule has 1 atom stereocenters. The van der Waals surface area contributed by atoms with Gasteiger partial charge < -0.3 is 15.5 Å². The first kappa shape index (κ1) is 12.6. The topological polar surface area (TPSA) is 52.5 Å². The van der Waals surface area contributed by atoms with Gasteiger partial charge in [-0.05, 0) is 31.2 Å². The summed E-state index contributed by atoms with van der Waals surface area (Å²) in [5.74, 6) is 0.646. The van der Waals surface area contributed by atoms with E-state index in [2.05, 4.69) is 29.6 Å². The summed E-state index contributed by atoms with van der Waals surface area (Å²) in [6.45, 7) is 1.90. The molecule has 0 aliphatic heterocycles. The zero-order chi connectivity index (χ0) is 12.3. The molecule has 2 rings (SSSR count). The summed E-state index contributed by atoms with van der Waals surface area (Å²) >= 11 is 0. The van der Waals surface area contributed by atoms with Crippen LogP contribution in [0.5, 0.6) is 0 Å². The van der Waals surface area contributed by atoms with Gasteiger partial charge in [-0.15, -0.1) is 0 Å². The Morgan fingerprint density at radius 2 is 1.94 bits per heavy atom. The van der Waals surface area contributed by atoms with E-state index >= 15 is 0 Å². The SMILES string of the molecule is CC(O)(CO)CNC1CC(c2ccccc2)C1. The van der Waals surface area contributed by atoms with Crippen molar-refractivity contribution in [1.29, 1.82) is 0 Å². The van der Waals surface area contributed by atoms with E-state index in [0.29, 0.717) is 18.5 Å². The Labute approximate surface area is 102 Å². The summed E-state index contributed by atoms with van der Waals surface area (Å²) in [6, 6.07) is 11.0. The summed E-state index contributed by atoms with van der Waals surface area (Å²) in [7, 11) is 0. The molecule has 1 aromatic carbocycles. The molecule has 0 amide bonds. The molecule has 94 valence electrons. The molecule has 0 radical (unpaired) electrons. The van der Waals surface area contributed by atoms with Gasteiger partial charge in [-0.3, -0.25) is 0 Å². The van der Waals surface area contributed by atoms with E-state index in [1.807, 2.05) is 6.07 Å². The maximum atomic E-state index is 9.66. The quantitative estimate of drug-likeness (QED) is 0.720. The highest BCUT2D eigenvalue weighted by Gasteiger charge is 2.31. The third kappa shape index (κ3) is 3.28. The first-order valence-corrected chi connectivity index (χ1v) is 6.22. The van der Waals surface area contributed by atoms with Gasteiger partial charge in [0.25, 0.3) is 0 Å². The van der Waals surface area contributed by atoms with Gasteiger partial charge in [-0.25, -0.2) is 0 Å². The van der Waals surface area contributed by atoms with Crippen LogP contribution in [0.3, 0.4) is 0 Å². The molecule has 1 aliphatic rings. The third-order valence-corrected chi connectivity index (χ3v) is 3.52. The van der Waals surface area contributed by atoms with Crippen molar-refractivity contribution >= 4 is 0 Å². The van der Waals surface area contributed by atoms with Crippen LogP contribution in [0, 0.1) is 0 Å². The lowest BCUT2D eigenvalue weighted by atomic mass is 9.76. The summed E-state index contributed by atoms with van der Waals surface area (Å²) in [5, 5.41) is 21.9. The van der Waals surface area contributed by atoms with Crippen LogP contribution < -0.4 is 5.32 Å². The number of aliphatic hydroxyl groups is 2. The average Bonchev–Trinajstić information content (AvgIpc) is 2.28. The lowest BCUT2D eigenvalue weighted by Crippen LogP contribution is -2.48.